The molecule has 0 aromatic carbocycles. The Morgan fingerprint density at radius 3 is 2.94 bits per heavy atom. The van der Waals surface area contributed by atoms with Crippen molar-refractivity contribution in [3.05, 3.63) is 29.2 Å². The van der Waals surface area contributed by atoms with Crippen LogP contribution in [0.4, 0.5) is 0 Å². The van der Waals surface area contributed by atoms with Crippen LogP contribution in [0.2, 0.25) is 0 Å². The molecule has 1 N–H and O–H groups in total. The summed E-state index contributed by atoms with van der Waals surface area (Å²) < 4.78 is 10.1. The third-order valence-electron chi connectivity index (χ3n) is 2.34. The molecule has 0 aliphatic carbocycles. The molecule has 1 atom stereocenters. The van der Waals surface area contributed by atoms with Crippen LogP contribution in [0.3, 0.4) is 0 Å². The molecule has 5 heteroatoms. The van der Waals surface area contributed by atoms with Crippen molar-refractivity contribution in [3.8, 4) is 6.07 Å². The number of rotatable bonds is 5. The van der Waals surface area contributed by atoms with Gasteiger partial charge in [-0.2, -0.15) is 5.26 Å². The lowest BCUT2D eigenvalue weighted by molar-refractivity contribution is -0.117. The average Bonchev–Trinajstić information content (AvgIpc) is 2.71. The predicted molar refractivity (Wildman–Crippen MR) is 66.5 cm³/mol. The third kappa shape index (κ3) is 3.75. The van der Waals surface area contributed by atoms with Crippen LogP contribution in [0, 0.1) is 18.3 Å². The summed E-state index contributed by atoms with van der Waals surface area (Å²) in [5.41, 5.74) is 0.886. The first kappa shape index (κ1) is 14.0. The van der Waals surface area contributed by atoms with E-state index in [-0.39, 0.29) is 11.6 Å². The van der Waals surface area contributed by atoms with Crippen molar-refractivity contribution in [2.45, 2.75) is 19.9 Å². The second-order valence-corrected chi connectivity index (χ2v) is 3.97. The van der Waals surface area contributed by atoms with Crippen molar-refractivity contribution in [1.29, 1.82) is 5.26 Å². The molecule has 1 aromatic rings. The van der Waals surface area contributed by atoms with Gasteiger partial charge in [-0.1, -0.05) is 0 Å². The number of nitrogens with zero attached hydrogens (tertiary/aromatic N) is 1. The number of hydrogen-bond donors (Lipinski definition) is 1. The van der Waals surface area contributed by atoms with Crippen molar-refractivity contribution in [1.82, 2.24) is 5.32 Å². The van der Waals surface area contributed by atoms with Gasteiger partial charge in [-0.05, 0) is 25.5 Å². The van der Waals surface area contributed by atoms with Crippen molar-refractivity contribution < 1.29 is 13.9 Å². The van der Waals surface area contributed by atoms with E-state index in [2.05, 4.69) is 5.32 Å². The monoisotopic (exact) mass is 248 g/mol. The zero-order valence-corrected chi connectivity index (χ0v) is 10.7. The molecule has 1 unspecified atom stereocenters. The van der Waals surface area contributed by atoms with Gasteiger partial charge in [-0.25, -0.2) is 0 Å². The first-order chi connectivity index (χ1) is 8.58. The normalized spacial score (nSPS) is 12.9. The Hall–Kier alpha value is -2.06. The van der Waals surface area contributed by atoms with Gasteiger partial charge in [0.1, 0.15) is 17.4 Å². The number of amides is 1. The Labute approximate surface area is 106 Å². The lowest BCUT2D eigenvalue weighted by Gasteiger charge is -2.11. The van der Waals surface area contributed by atoms with E-state index in [0.29, 0.717) is 12.4 Å². The summed E-state index contributed by atoms with van der Waals surface area (Å²) in [4.78, 5) is 11.8. The molecule has 0 saturated heterocycles. The Balaban J connectivity index is 2.79. The van der Waals surface area contributed by atoms with E-state index in [9.17, 15) is 4.79 Å². The van der Waals surface area contributed by atoms with Gasteiger partial charge in [-0.15, -0.1) is 0 Å². The summed E-state index contributed by atoms with van der Waals surface area (Å²) in [6.07, 6.45) is 2.95. The summed E-state index contributed by atoms with van der Waals surface area (Å²) in [6.45, 7) is 4.04. The molecule has 1 amide bonds. The fourth-order valence-electron chi connectivity index (χ4n) is 1.41. The van der Waals surface area contributed by atoms with Crippen LogP contribution < -0.4 is 5.32 Å². The standard InChI is InChI=1S/C13H16N2O3/c1-9-4-5-18-12(9)6-11(7-14)13(16)15-10(2)8-17-3/h4-6,10H,8H2,1-3H3,(H,15,16)/b11-6+. The Morgan fingerprint density at radius 2 is 2.44 bits per heavy atom. The fourth-order valence-corrected chi connectivity index (χ4v) is 1.41. The molecule has 0 aliphatic heterocycles. The van der Waals surface area contributed by atoms with Crippen molar-refractivity contribution in [2.24, 2.45) is 0 Å². The molecular weight excluding hydrogens is 232 g/mol. The largest absolute Gasteiger partial charge is 0.465 e. The minimum atomic E-state index is -0.433. The maximum Gasteiger partial charge on any atom is 0.262 e. The van der Waals surface area contributed by atoms with Crippen molar-refractivity contribution in [2.75, 3.05) is 13.7 Å². The Kier molecular flexibility index (Phi) is 5.15. The van der Waals surface area contributed by atoms with Gasteiger partial charge in [0.2, 0.25) is 0 Å². The number of carbonyl (C=O) groups is 1. The Bertz CT molecular complexity index is 483. The van der Waals surface area contributed by atoms with E-state index in [1.165, 1.54) is 12.3 Å². The number of ether oxygens (including phenoxy) is 1. The van der Waals surface area contributed by atoms with Crippen LogP contribution in [-0.4, -0.2) is 25.7 Å². The molecule has 18 heavy (non-hydrogen) atoms. The van der Waals surface area contributed by atoms with Gasteiger partial charge in [0, 0.05) is 19.2 Å². The minimum Gasteiger partial charge on any atom is -0.465 e. The summed E-state index contributed by atoms with van der Waals surface area (Å²) in [6, 6.07) is 3.48. The molecule has 1 aromatic heterocycles. The summed E-state index contributed by atoms with van der Waals surface area (Å²) in [7, 11) is 1.55. The average molecular weight is 248 g/mol. The number of furan rings is 1. The highest BCUT2D eigenvalue weighted by molar-refractivity contribution is 6.01. The quantitative estimate of drug-likeness (QED) is 0.635. The number of methoxy groups -OCH3 is 1. The molecule has 0 saturated carbocycles. The van der Waals surface area contributed by atoms with Crippen LogP contribution in [-0.2, 0) is 9.53 Å². The first-order valence-corrected chi connectivity index (χ1v) is 5.54. The molecule has 0 spiro atoms. The lowest BCUT2D eigenvalue weighted by atomic mass is 10.2. The molecule has 0 fully saturated rings. The molecular formula is C13H16N2O3. The highest BCUT2D eigenvalue weighted by Crippen LogP contribution is 2.13. The Morgan fingerprint density at radius 1 is 1.72 bits per heavy atom. The van der Waals surface area contributed by atoms with Gasteiger partial charge < -0.3 is 14.5 Å². The number of nitriles is 1. The van der Waals surface area contributed by atoms with Gasteiger partial charge in [-0.3, -0.25) is 4.79 Å². The molecule has 1 rings (SSSR count). The number of carbonyl (C=O) groups excluding carboxylic acids is 1. The van der Waals surface area contributed by atoms with Crippen molar-refractivity contribution in [3.63, 3.8) is 0 Å². The zero-order valence-electron chi connectivity index (χ0n) is 10.7. The molecule has 1 heterocycles. The highest BCUT2D eigenvalue weighted by atomic mass is 16.5. The van der Waals surface area contributed by atoms with E-state index in [1.807, 2.05) is 13.0 Å². The van der Waals surface area contributed by atoms with E-state index in [4.69, 9.17) is 14.4 Å². The molecule has 5 nitrogen and oxygen atoms in total. The van der Waals surface area contributed by atoms with E-state index in [0.717, 1.165) is 5.56 Å². The van der Waals surface area contributed by atoms with Crippen LogP contribution in [0.25, 0.3) is 6.08 Å². The third-order valence-corrected chi connectivity index (χ3v) is 2.34. The van der Waals surface area contributed by atoms with Gasteiger partial charge in [0.25, 0.3) is 5.91 Å². The van der Waals surface area contributed by atoms with Crippen LogP contribution in [0.15, 0.2) is 22.3 Å². The smallest absolute Gasteiger partial charge is 0.262 e. The van der Waals surface area contributed by atoms with E-state index < -0.39 is 5.91 Å². The lowest BCUT2D eigenvalue weighted by Crippen LogP contribution is -2.36. The minimum absolute atomic E-state index is 0.0102. The molecule has 0 aliphatic rings. The molecule has 0 radical (unpaired) electrons. The van der Waals surface area contributed by atoms with Crippen LogP contribution in [0.1, 0.15) is 18.2 Å². The van der Waals surface area contributed by atoms with Gasteiger partial charge >= 0.3 is 0 Å². The number of hydrogen-bond acceptors (Lipinski definition) is 4. The maximum atomic E-state index is 11.8. The molecule has 96 valence electrons. The second kappa shape index (κ2) is 6.62. The first-order valence-electron chi connectivity index (χ1n) is 5.54. The van der Waals surface area contributed by atoms with Gasteiger partial charge in [0.15, 0.2) is 0 Å². The predicted octanol–water partition coefficient (Wildman–Crippen LogP) is 1.65. The van der Waals surface area contributed by atoms with E-state index in [1.54, 1.807) is 20.1 Å². The van der Waals surface area contributed by atoms with Crippen LogP contribution in [0.5, 0.6) is 0 Å². The summed E-state index contributed by atoms with van der Waals surface area (Å²) in [5.74, 6) is 0.0824. The van der Waals surface area contributed by atoms with Crippen LogP contribution >= 0.6 is 0 Å². The van der Waals surface area contributed by atoms with Gasteiger partial charge in [0.05, 0.1) is 12.9 Å². The number of nitrogens with one attached hydrogen (secondary N) is 1. The SMILES string of the molecule is COCC(C)NC(=O)/C(C#N)=C/c1occc1C. The fraction of sp³-hybridized carbons (Fsp3) is 0.385. The molecule has 0 bridgehead atoms. The second-order valence-electron chi connectivity index (χ2n) is 3.97. The topological polar surface area (TPSA) is 75.3 Å². The maximum absolute atomic E-state index is 11.8. The van der Waals surface area contributed by atoms with E-state index >= 15 is 0 Å². The van der Waals surface area contributed by atoms with Crippen molar-refractivity contribution >= 4 is 12.0 Å². The zero-order chi connectivity index (χ0) is 13.5. The summed E-state index contributed by atoms with van der Waals surface area (Å²) >= 11 is 0. The summed E-state index contributed by atoms with van der Waals surface area (Å²) in [5, 5.41) is 11.6. The number of aryl methyl sites for hydroxylation is 1. The highest BCUT2D eigenvalue weighted by Gasteiger charge is 2.13.